The van der Waals surface area contributed by atoms with Crippen LogP contribution in [0.1, 0.15) is 25.3 Å². The van der Waals surface area contributed by atoms with Gasteiger partial charge in [-0.15, -0.1) is 22.6 Å². The molecule has 0 aliphatic carbocycles. The fourth-order valence-corrected chi connectivity index (χ4v) is 2.58. The van der Waals surface area contributed by atoms with Gasteiger partial charge in [0.25, 0.3) is 0 Å². The highest BCUT2D eigenvalue weighted by molar-refractivity contribution is 5.85. The van der Waals surface area contributed by atoms with E-state index in [1.54, 1.807) is 0 Å². The van der Waals surface area contributed by atoms with E-state index >= 15 is 0 Å². The average Bonchev–Trinajstić information content (AvgIpc) is 2.56. The molecule has 1 aromatic carbocycles. The molecule has 0 spiro atoms. The lowest BCUT2D eigenvalue weighted by Gasteiger charge is -2.27. The molecule has 1 aliphatic rings. The highest BCUT2D eigenvalue weighted by Gasteiger charge is 2.12. The Morgan fingerprint density at radius 2 is 1.64 bits per heavy atom. The molecule has 4 nitrogen and oxygen atoms in total. The number of nitrogens with one attached hydrogen (secondary N) is 1. The number of hydrogen-bond acceptors (Lipinski definition) is 4. The van der Waals surface area contributed by atoms with E-state index in [0.717, 1.165) is 43.3 Å². The van der Waals surface area contributed by atoms with Crippen molar-refractivity contribution in [3.63, 3.8) is 0 Å². The first-order valence-corrected chi connectivity index (χ1v) is 7.64. The summed E-state index contributed by atoms with van der Waals surface area (Å²) in [6, 6.07) is 12.7. The van der Waals surface area contributed by atoms with Crippen LogP contribution in [0.25, 0.3) is 11.3 Å². The SMILES string of the molecule is CC(C)c1ccc(-c2ccc(N3CCNCC3)nn2)cc1.Cl. The van der Waals surface area contributed by atoms with Gasteiger partial charge in [0.05, 0.1) is 5.69 Å². The van der Waals surface area contributed by atoms with Crippen LogP contribution in [0.2, 0.25) is 0 Å². The van der Waals surface area contributed by atoms with E-state index < -0.39 is 0 Å². The Balaban J connectivity index is 0.00000176. The summed E-state index contributed by atoms with van der Waals surface area (Å²) in [7, 11) is 0. The van der Waals surface area contributed by atoms with Gasteiger partial charge in [-0.2, -0.15) is 0 Å². The first kappa shape index (κ1) is 16.7. The van der Waals surface area contributed by atoms with E-state index in [4.69, 9.17) is 0 Å². The van der Waals surface area contributed by atoms with Crippen molar-refractivity contribution in [1.29, 1.82) is 0 Å². The Hall–Kier alpha value is -1.65. The van der Waals surface area contributed by atoms with E-state index in [0.29, 0.717) is 5.92 Å². The molecule has 1 N–H and O–H groups in total. The van der Waals surface area contributed by atoms with Crippen LogP contribution >= 0.6 is 12.4 Å². The van der Waals surface area contributed by atoms with Gasteiger partial charge in [0.15, 0.2) is 5.82 Å². The van der Waals surface area contributed by atoms with Gasteiger partial charge in [0, 0.05) is 31.7 Å². The zero-order valence-electron chi connectivity index (χ0n) is 13.1. The van der Waals surface area contributed by atoms with Gasteiger partial charge < -0.3 is 10.2 Å². The largest absolute Gasteiger partial charge is 0.353 e. The predicted molar refractivity (Wildman–Crippen MR) is 93.9 cm³/mol. The summed E-state index contributed by atoms with van der Waals surface area (Å²) in [5, 5.41) is 12.1. The molecule has 0 radical (unpaired) electrons. The molecule has 0 amide bonds. The molecule has 118 valence electrons. The maximum atomic E-state index is 4.39. The fourth-order valence-electron chi connectivity index (χ4n) is 2.58. The second-order valence-corrected chi connectivity index (χ2v) is 5.79. The highest BCUT2D eigenvalue weighted by Crippen LogP contribution is 2.22. The van der Waals surface area contributed by atoms with Crippen molar-refractivity contribution in [2.45, 2.75) is 19.8 Å². The maximum absolute atomic E-state index is 4.39. The minimum atomic E-state index is 0. The standard InChI is InChI=1S/C17H22N4.ClH/c1-13(2)14-3-5-15(6-4-14)16-7-8-17(20-19-16)21-11-9-18-10-12-21;/h3-8,13,18H,9-12H2,1-2H3;1H. The topological polar surface area (TPSA) is 41.0 Å². The monoisotopic (exact) mass is 318 g/mol. The second kappa shape index (κ2) is 7.56. The summed E-state index contributed by atoms with van der Waals surface area (Å²) >= 11 is 0. The maximum Gasteiger partial charge on any atom is 0.151 e. The van der Waals surface area contributed by atoms with Crippen LogP contribution in [0.15, 0.2) is 36.4 Å². The van der Waals surface area contributed by atoms with E-state index in [-0.39, 0.29) is 12.4 Å². The number of aromatic nitrogens is 2. The molecule has 1 saturated heterocycles. The van der Waals surface area contributed by atoms with Crippen LogP contribution in [0, 0.1) is 0 Å². The number of hydrogen-bond donors (Lipinski definition) is 1. The molecule has 0 bridgehead atoms. The molecule has 1 aromatic heterocycles. The van der Waals surface area contributed by atoms with Crippen molar-refractivity contribution in [3.05, 3.63) is 42.0 Å². The second-order valence-electron chi connectivity index (χ2n) is 5.79. The summed E-state index contributed by atoms with van der Waals surface area (Å²) in [5.41, 5.74) is 3.41. The third-order valence-corrected chi connectivity index (χ3v) is 3.96. The van der Waals surface area contributed by atoms with Crippen molar-refractivity contribution in [1.82, 2.24) is 15.5 Å². The lowest BCUT2D eigenvalue weighted by Crippen LogP contribution is -2.43. The zero-order valence-corrected chi connectivity index (χ0v) is 13.9. The molecule has 22 heavy (non-hydrogen) atoms. The summed E-state index contributed by atoms with van der Waals surface area (Å²) < 4.78 is 0. The van der Waals surface area contributed by atoms with Crippen molar-refractivity contribution >= 4 is 18.2 Å². The van der Waals surface area contributed by atoms with Crippen molar-refractivity contribution in [2.24, 2.45) is 0 Å². The third-order valence-electron chi connectivity index (χ3n) is 3.96. The van der Waals surface area contributed by atoms with Crippen LogP contribution in [0.5, 0.6) is 0 Å². The summed E-state index contributed by atoms with van der Waals surface area (Å²) in [4.78, 5) is 2.27. The smallest absolute Gasteiger partial charge is 0.151 e. The first-order valence-electron chi connectivity index (χ1n) is 7.64. The summed E-state index contributed by atoms with van der Waals surface area (Å²) in [5.74, 6) is 1.53. The van der Waals surface area contributed by atoms with Crippen LogP contribution in [-0.4, -0.2) is 36.4 Å². The van der Waals surface area contributed by atoms with E-state index in [2.05, 4.69) is 70.7 Å². The molecule has 1 aliphatic heterocycles. The minimum absolute atomic E-state index is 0. The summed E-state index contributed by atoms with van der Waals surface area (Å²) in [6.07, 6.45) is 0. The zero-order chi connectivity index (χ0) is 14.7. The van der Waals surface area contributed by atoms with E-state index in [1.165, 1.54) is 5.56 Å². The van der Waals surface area contributed by atoms with E-state index in [1.807, 2.05) is 0 Å². The van der Waals surface area contributed by atoms with Gasteiger partial charge in [-0.1, -0.05) is 38.1 Å². The van der Waals surface area contributed by atoms with Gasteiger partial charge in [0.2, 0.25) is 0 Å². The van der Waals surface area contributed by atoms with Crippen molar-refractivity contribution < 1.29 is 0 Å². The number of nitrogens with zero attached hydrogens (tertiary/aromatic N) is 3. The quantitative estimate of drug-likeness (QED) is 0.944. The molecular weight excluding hydrogens is 296 g/mol. The minimum Gasteiger partial charge on any atom is -0.353 e. The lowest BCUT2D eigenvalue weighted by molar-refractivity contribution is 0.583. The molecule has 2 aromatic rings. The molecule has 1 fully saturated rings. The van der Waals surface area contributed by atoms with Gasteiger partial charge in [0.1, 0.15) is 0 Å². The van der Waals surface area contributed by atoms with Crippen molar-refractivity contribution in [3.8, 4) is 11.3 Å². The van der Waals surface area contributed by atoms with Crippen LogP contribution in [-0.2, 0) is 0 Å². The molecule has 0 saturated carbocycles. The number of piperazine rings is 1. The van der Waals surface area contributed by atoms with Crippen LogP contribution in [0.3, 0.4) is 0 Å². The Morgan fingerprint density at radius 1 is 0.955 bits per heavy atom. The fraction of sp³-hybridized carbons (Fsp3) is 0.412. The highest BCUT2D eigenvalue weighted by atomic mass is 35.5. The third kappa shape index (κ3) is 3.76. The molecule has 0 unspecified atom stereocenters. The summed E-state index contributed by atoms with van der Waals surface area (Å²) in [6.45, 7) is 8.43. The normalized spacial score (nSPS) is 14.8. The molecule has 3 rings (SSSR count). The van der Waals surface area contributed by atoms with Gasteiger partial charge in [-0.05, 0) is 23.6 Å². The number of rotatable bonds is 3. The number of anilines is 1. The Kier molecular flexibility index (Phi) is 5.75. The van der Waals surface area contributed by atoms with Crippen LogP contribution < -0.4 is 10.2 Å². The van der Waals surface area contributed by atoms with Gasteiger partial charge >= 0.3 is 0 Å². The molecule has 2 heterocycles. The Labute approximate surface area is 138 Å². The Morgan fingerprint density at radius 3 is 2.18 bits per heavy atom. The average molecular weight is 319 g/mol. The van der Waals surface area contributed by atoms with Crippen molar-refractivity contribution in [2.75, 3.05) is 31.1 Å². The van der Waals surface area contributed by atoms with E-state index in [9.17, 15) is 0 Å². The van der Waals surface area contributed by atoms with Gasteiger partial charge in [-0.25, -0.2) is 0 Å². The Bertz CT molecular complexity index is 575. The number of benzene rings is 1. The first-order chi connectivity index (χ1) is 10.2. The molecule has 5 heteroatoms. The predicted octanol–water partition coefficient (Wildman–Crippen LogP) is 3.10. The number of halogens is 1. The van der Waals surface area contributed by atoms with Crippen LogP contribution in [0.4, 0.5) is 5.82 Å². The molecule has 0 atom stereocenters. The van der Waals surface area contributed by atoms with Gasteiger partial charge in [-0.3, -0.25) is 0 Å². The molecular formula is C17H23ClN4. The lowest BCUT2D eigenvalue weighted by atomic mass is 10.0.